The second-order valence-electron chi connectivity index (χ2n) is 17.0. The number of phenols is 2. The van der Waals surface area contributed by atoms with Crippen LogP contribution in [0, 0.1) is 52.4 Å². The van der Waals surface area contributed by atoms with Gasteiger partial charge in [0, 0.05) is 37.2 Å². The minimum Gasteiger partial charge on any atom is -0.507 e. The van der Waals surface area contributed by atoms with Crippen LogP contribution < -0.4 is 0 Å². The number of phenolic OH excluding ortho intramolecular Hbond substituents is 2. The molecular weight excluding hydrogens is 617 g/mol. The summed E-state index contributed by atoms with van der Waals surface area (Å²) in [6, 6.07) is 20.8. The van der Waals surface area contributed by atoms with E-state index < -0.39 is 0 Å². The van der Waals surface area contributed by atoms with E-state index in [1.54, 1.807) is 0 Å². The van der Waals surface area contributed by atoms with Gasteiger partial charge in [-0.3, -0.25) is 0 Å². The van der Waals surface area contributed by atoms with Gasteiger partial charge in [0.15, 0.2) is 0 Å². The Labute approximate surface area is 302 Å². The zero-order valence-corrected chi connectivity index (χ0v) is 32.9. The quantitative estimate of drug-likeness (QED) is 0.148. The van der Waals surface area contributed by atoms with E-state index in [-0.39, 0.29) is 34.5 Å². The van der Waals surface area contributed by atoms with Crippen molar-refractivity contribution in [2.75, 3.05) is 13.2 Å². The van der Waals surface area contributed by atoms with Crippen molar-refractivity contribution in [2.45, 2.75) is 121 Å². The lowest BCUT2D eigenvalue weighted by molar-refractivity contribution is -0.0809. The van der Waals surface area contributed by atoms with Crippen molar-refractivity contribution >= 4 is 0 Å². The molecule has 0 amide bonds. The van der Waals surface area contributed by atoms with Crippen LogP contribution in [0.2, 0.25) is 0 Å². The van der Waals surface area contributed by atoms with Crippen LogP contribution in [0.15, 0.2) is 60.7 Å². The van der Waals surface area contributed by atoms with Crippen molar-refractivity contribution < 1.29 is 19.7 Å². The molecule has 50 heavy (non-hydrogen) atoms. The van der Waals surface area contributed by atoms with Crippen LogP contribution in [0.3, 0.4) is 0 Å². The fraction of sp³-hybridized carbons (Fsp3) is 0.478. The van der Waals surface area contributed by atoms with Gasteiger partial charge in [0.2, 0.25) is 0 Å². The Morgan fingerprint density at radius 2 is 0.840 bits per heavy atom. The predicted molar refractivity (Wildman–Crippen MR) is 211 cm³/mol. The zero-order chi connectivity index (χ0) is 37.0. The van der Waals surface area contributed by atoms with Crippen LogP contribution in [0.5, 0.6) is 11.5 Å². The summed E-state index contributed by atoms with van der Waals surface area (Å²) in [4.78, 5) is 0. The van der Waals surface area contributed by atoms with Crippen molar-refractivity contribution in [3.05, 3.63) is 105 Å². The topological polar surface area (TPSA) is 58.9 Å². The highest BCUT2D eigenvalue weighted by Gasteiger charge is 2.29. The molecule has 0 spiro atoms. The monoisotopic (exact) mass is 678 g/mol. The van der Waals surface area contributed by atoms with Crippen molar-refractivity contribution in [1.29, 1.82) is 0 Å². The third-order valence-electron chi connectivity index (χ3n) is 9.76. The first-order valence-corrected chi connectivity index (χ1v) is 18.4. The molecule has 4 aromatic carbocycles. The largest absolute Gasteiger partial charge is 0.507 e. The number of rotatable bonds is 13. The van der Waals surface area contributed by atoms with Gasteiger partial charge in [-0.05, 0) is 110 Å². The number of aromatic hydroxyl groups is 2. The van der Waals surface area contributed by atoms with E-state index in [0.29, 0.717) is 26.1 Å². The maximum absolute atomic E-state index is 11.9. The average molecular weight is 679 g/mol. The molecule has 0 aliphatic carbocycles. The third kappa shape index (κ3) is 10.2. The lowest BCUT2D eigenvalue weighted by atomic mass is 9.89. The van der Waals surface area contributed by atoms with Crippen LogP contribution >= 0.6 is 0 Å². The van der Waals surface area contributed by atoms with Crippen LogP contribution in [0.4, 0.5) is 0 Å². The predicted octanol–water partition coefficient (Wildman–Crippen LogP) is 11.7. The highest BCUT2D eigenvalue weighted by atomic mass is 16.5. The second-order valence-corrected chi connectivity index (χ2v) is 17.0. The van der Waals surface area contributed by atoms with Crippen molar-refractivity contribution in [3.8, 4) is 33.8 Å². The molecule has 4 aromatic rings. The van der Waals surface area contributed by atoms with Gasteiger partial charge in [-0.25, -0.2) is 0 Å². The van der Waals surface area contributed by atoms with E-state index in [1.165, 1.54) is 11.1 Å². The molecule has 0 heterocycles. The average Bonchev–Trinajstić information content (AvgIpc) is 2.97. The number of ether oxygens (including phenoxy) is 2. The number of para-hydroxylation sites is 2. The fourth-order valence-electron chi connectivity index (χ4n) is 7.19. The molecule has 4 nitrogen and oxygen atoms in total. The molecule has 0 aliphatic rings. The molecule has 0 bridgehead atoms. The second kappa shape index (κ2) is 16.2. The number of aryl methyl sites for hydroxylation is 6. The lowest BCUT2D eigenvalue weighted by Crippen LogP contribution is -2.37. The minimum atomic E-state index is -0.357. The Hall–Kier alpha value is -3.60. The van der Waals surface area contributed by atoms with Gasteiger partial charge in [0.05, 0.1) is 12.2 Å². The highest BCUT2D eigenvalue weighted by molar-refractivity contribution is 5.78. The van der Waals surface area contributed by atoms with E-state index in [2.05, 4.69) is 107 Å². The molecule has 0 saturated heterocycles. The Morgan fingerprint density at radius 1 is 0.520 bits per heavy atom. The van der Waals surface area contributed by atoms with Gasteiger partial charge in [-0.2, -0.15) is 0 Å². The van der Waals surface area contributed by atoms with Crippen LogP contribution in [-0.2, 0) is 22.3 Å². The van der Waals surface area contributed by atoms with Crippen molar-refractivity contribution in [1.82, 2.24) is 0 Å². The van der Waals surface area contributed by atoms with E-state index >= 15 is 0 Å². The first-order valence-electron chi connectivity index (χ1n) is 18.4. The maximum Gasteiger partial charge on any atom is 0.126 e. The zero-order valence-electron chi connectivity index (χ0n) is 32.9. The van der Waals surface area contributed by atoms with E-state index in [1.807, 2.05) is 36.4 Å². The molecule has 2 N–H and O–H groups in total. The summed E-state index contributed by atoms with van der Waals surface area (Å²) in [5, 5.41) is 23.7. The fourth-order valence-corrected chi connectivity index (χ4v) is 7.19. The molecule has 0 fully saturated rings. The molecule has 0 radical (unpaired) electrons. The van der Waals surface area contributed by atoms with Gasteiger partial charge in [-0.15, -0.1) is 0 Å². The minimum absolute atomic E-state index is 0.103. The summed E-state index contributed by atoms with van der Waals surface area (Å²) < 4.78 is 13.6. The third-order valence-corrected chi connectivity index (χ3v) is 9.76. The SMILES string of the molecule is Cc1cc(C)c(-c2cccc(C[C@@H](OCCC(C)(C)C)[C@@H](Cc3cccc(-c4c(C)cc(C)cc4C)c3O)OCCC(C)(C)C)c2O)c(C)c1. The normalized spacial score (nSPS) is 13.4. The molecule has 270 valence electrons. The molecule has 0 aliphatic heterocycles. The molecule has 4 heteroatoms. The maximum atomic E-state index is 11.9. The standard InChI is InChI=1S/C46H62O4/c1-29-23-31(3)41(32(4)24-29)37-17-13-15-35(43(37)47)27-39(49-21-19-45(7,8)9)40(50-22-20-46(10,11)12)28-36-16-14-18-38(44(36)48)42-33(5)25-30(2)26-34(42)6/h13-18,23-26,39-40,47-48H,19-22,27-28H2,1-12H3/t39-,40-/m1/s1. The molecule has 0 saturated carbocycles. The van der Waals surface area contributed by atoms with Gasteiger partial charge >= 0.3 is 0 Å². The van der Waals surface area contributed by atoms with E-state index in [0.717, 1.165) is 68.5 Å². The van der Waals surface area contributed by atoms with Crippen molar-refractivity contribution in [2.24, 2.45) is 10.8 Å². The lowest BCUT2D eigenvalue weighted by Gasteiger charge is -2.31. The smallest absolute Gasteiger partial charge is 0.126 e. The van der Waals surface area contributed by atoms with Crippen LogP contribution in [0.25, 0.3) is 22.3 Å². The van der Waals surface area contributed by atoms with Gasteiger partial charge in [0.25, 0.3) is 0 Å². The summed E-state index contributed by atoms with van der Waals surface area (Å²) in [6.45, 7) is 27.1. The molecule has 4 rings (SSSR count). The number of hydrogen-bond donors (Lipinski definition) is 2. The Balaban J connectivity index is 1.77. The first-order chi connectivity index (χ1) is 23.3. The Morgan fingerprint density at radius 3 is 1.14 bits per heavy atom. The summed E-state index contributed by atoms with van der Waals surface area (Å²) in [7, 11) is 0. The van der Waals surface area contributed by atoms with Crippen LogP contribution in [-0.4, -0.2) is 35.6 Å². The molecule has 2 atom stereocenters. The highest BCUT2D eigenvalue weighted by Crippen LogP contribution is 2.40. The molecule has 0 aromatic heterocycles. The first kappa shape index (κ1) is 39.2. The van der Waals surface area contributed by atoms with Gasteiger partial charge in [-0.1, -0.05) is 113 Å². The Bertz CT molecular complexity index is 1590. The van der Waals surface area contributed by atoms with Crippen molar-refractivity contribution in [3.63, 3.8) is 0 Å². The van der Waals surface area contributed by atoms with Gasteiger partial charge < -0.3 is 19.7 Å². The summed E-state index contributed by atoms with van der Waals surface area (Å²) in [5.74, 6) is 0.575. The summed E-state index contributed by atoms with van der Waals surface area (Å²) >= 11 is 0. The Kier molecular flexibility index (Phi) is 12.7. The van der Waals surface area contributed by atoms with E-state index in [4.69, 9.17) is 9.47 Å². The van der Waals surface area contributed by atoms with E-state index in [9.17, 15) is 10.2 Å². The van der Waals surface area contributed by atoms with Gasteiger partial charge in [0.1, 0.15) is 11.5 Å². The molecular formula is C46H62O4. The molecule has 0 unspecified atom stereocenters. The number of benzene rings is 4. The van der Waals surface area contributed by atoms with Crippen LogP contribution in [0.1, 0.15) is 98.9 Å². The summed E-state index contributed by atoms with van der Waals surface area (Å²) in [6.07, 6.45) is 2.02. The summed E-state index contributed by atoms with van der Waals surface area (Å²) in [5.41, 5.74) is 12.7. The number of hydrogen-bond acceptors (Lipinski definition) is 4.